The zero-order valence-corrected chi connectivity index (χ0v) is 20.8. The number of halogens is 3. The maximum absolute atomic E-state index is 14.0. The van der Waals surface area contributed by atoms with Gasteiger partial charge in [-0.15, -0.1) is 0 Å². The second-order valence-electron chi connectivity index (χ2n) is 9.81. The highest BCUT2D eigenvalue weighted by Gasteiger charge is 2.35. The van der Waals surface area contributed by atoms with Gasteiger partial charge in [0.2, 0.25) is 0 Å². The quantitative estimate of drug-likeness (QED) is 0.411. The van der Waals surface area contributed by atoms with Crippen LogP contribution in [0.2, 0.25) is 0 Å². The first kappa shape index (κ1) is 26.8. The molecule has 198 valence electrons. The molecule has 1 saturated heterocycles. The molecule has 4 rings (SSSR count). The number of aliphatic hydroxyl groups excluding tert-OH is 1. The van der Waals surface area contributed by atoms with E-state index in [1.165, 1.54) is 41.2 Å². The molecule has 1 aliphatic heterocycles. The number of carbonyl (C=O) groups is 1. The Bertz CT molecular complexity index is 1240. The number of carbonyl (C=O) groups excluding carboxylic acids is 1. The topological polar surface area (TPSA) is 90.6 Å². The van der Waals surface area contributed by atoms with E-state index in [4.69, 9.17) is 0 Å². The molecule has 1 amide bonds. The van der Waals surface area contributed by atoms with Crippen LogP contribution in [0.25, 0.3) is 5.69 Å². The van der Waals surface area contributed by atoms with E-state index in [0.717, 1.165) is 12.8 Å². The summed E-state index contributed by atoms with van der Waals surface area (Å²) in [5.74, 6) is -1.04. The van der Waals surface area contributed by atoms with Gasteiger partial charge < -0.3 is 15.5 Å². The summed E-state index contributed by atoms with van der Waals surface area (Å²) in [7, 11) is 0. The Kier molecular flexibility index (Phi) is 8.01. The van der Waals surface area contributed by atoms with Gasteiger partial charge in [-0.25, -0.2) is 17.9 Å². The van der Waals surface area contributed by atoms with Crippen molar-refractivity contribution in [2.45, 2.75) is 45.3 Å². The summed E-state index contributed by atoms with van der Waals surface area (Å²) in [5, 5.41) is 26.9. The minimum atomic E-state index is -2.74. The van der Waals surface area contributed by atoms with Crippen molar-refractivity contribution in [3.8, 4) is 5.69 Å². The molecule has 0 spiro atoms. The van der Waals surface area contributed by atoms with Gasteiger partial charge in [0.05, 0.1) is 29.2 Å². The molecule has 3 aromatic rings. The lowest BCUT2D eigenvalue weighted by Crippen LogP contribution is -2.48. The number of benzene rings is 2. The maximum atomic E-state index is 14.0. The van der Waals surface area contributed by atoms with Crippen LogP contribution in [-0.4, -0.2) is 56.1 Å². The van der Waals surface area contributed by atoms with Crippen molar-refractivity contribution in [2.75, 3.05) is 25.0 Å². The molecule has 2 aromatic carbocycles. The van der Waals surface area contributed by atoms with Crippen molar-refractivity contribution in [3.05, 3.63) is 76.9 Å². The van der Waals surface area contributed by atoms with Crippen molar-refractivity contribution < 1.29 is 28.2 Å². The molecule has 2 heterocycles. The third kappa shape index (κ3) is 6.20. The molecular formula is C27H31F3N4O3. The van der Waals surface area contributed by atoms with Crippen LogP contribution in [0.15, 0.2) is 48.7 Å². The van der Waals surface area contributed by atoms with Crippen molar-refractivity contribution in [3.63, 3.8) is 0 Å². The van der Waals surface area contributed by atoms with Gasteiger partial charge in [0.25, 0.3) is 12.3 Å². The summed E-state index contributed by atoms with van der Waals surface area (Å²) in [4.78, 5) is 14.9. The number of amides is 1. The Labute approximate surface area is 213 Å². The minimum absolute atomic E-state index is 0.154. The fourth-order valence-electron chi connectivity index (χ4n) is 4.70. The Hall–Kier alpha value is -3.21. The normalized spacial score (nSPS) is 18.1. The summed E-state index contributed by atoms with van der Waals surface area (Å²) in [6.07, 6.45) is 0.322. The number of aryl methyl sites for hydroxylation is 1. The van der Waals surface area contributed by atoms with Crippen LogP contribution in [0, 0.1) is 18.7 Å². The van der Waals surface area contributed by atoms with E-state index in [-0.39, 0.29) is 41.7 Å². The fraction of sp³-hybridized carbons (Fsp3) is 0.407. The van der Waals surface area contributed by atoms with Crippen LogP contribution < -0.4 is 5.32 Å². The number of alkyl halides is 2. The molecule has 2 unspecified atom stereocenters. The smallest absolute Gasteiger partial charge is 0.264 e. The number of nitrogens with one attached hydrogen (secondary N) is 1. The first-order valence-electron chi connectivity index (χ1n) is 12.2. The van der Waals surface area contributed by atoms with Crippen LogP contribution in [0.1, 0.15) is 53.4 Å². The van der Waals surface area contributed by atoms with Crippen LogP contribution >= 0.6 is 0 Å². The summed E-state index contributed by atoms with van der Waals surface area (Å²) in [5.41, 5.74) is 0.561. The second kappa shape index (κ2) is 11.0. The highest BCUT2D eigenvalue weighted by molar-refractivity contribution is 6.05. The van der Waals surface area contributed by atoms with Gasteiger partial charge in [-0.1, -0.05) is 6.07 Å². The van der Waals surface area contributed by atoms with E-state index >= 15 is 0 Å². The lowest BCUT2D eigenvalue weighted by Gasteiger charge is -2.39. The number of rotatable bonds is 8. The van der Waals surface area contributed by atoms with E-state index in [9.17, 15) is 28.2 Å². The molecule has 0 saturated carbocycles. The van der Waals surface area contributed by atoms with Gasteiger partial charge in [-0.05, 0) is 75.2 Å². The zero-order valence-electron chi connectivity index (χ0n) is 20.8. The van der Waals surface area contributed by atoms with Gasteiger partial charge in [-0.2, -0.15) is 5.10 Å². The summed E-state index contributed by atoms with van der Waals surface area (Å²) in [6.45, 7) is 4.36. The van der Waals surface area contributed by atoms with E-state index in [1.807, 2.05) is 4.90 Å². The highest BCUT2D eigenvalue weighted by atomic mass is 19.3. The molecule has 10 heteroatoms. The number of aromatic nitrogens is 2. The number of nitrogens with zero attached hydrogens (tertiary/aromatic N) is 3. The van der Waals surface area contributed by atoms with Gasteiger partial charge >= 0.3 is 0 Å². The standard InChI is InChI=1S/C27H31F3N4O3/c1-17-24(15-34(32-17)22-9-6-20(28)7-10-22)26(36)31-21-8-5-18(23(12-21)25(29)30)13-33-11-3-4-19(14-33)27(2,37)16-35/h5-10,12,15,19,25,35,37H,3-4,11,13-14,16H2,1-2H3,(H,31,36). The summed E-state index contributed by atoms with van der Waals surface area (Å²) in [6, 6.07) is 10.1. The predicted molar refractivity (Wildman–Crippen MR) is 133 cm³/mol. The molecule has 7 nitrogen and oxygen atoms in total. The molecule has 1 aliphatic rings. The highest BCUT2D eigenvalue weighted by Crippen LogP contribution is 2.31. The number of hydrogen-bond acceptors (Lipinski definition) is 5. The van der Waals surface area contributed by atoms with E-state index in [2.05, 4.69) is 10.4 Å². The summed E-state index contributed by atoms with van der Waals surface area (Å²) >= 11 is 0. The number of anilines is 1. The molecular weight excluding hydrogens is 485 g/mol. The number of aliphatic hydroxyl groups is 2. The molecule has 3 N–H and O–H groups in total. The molecule has 1 aromatic heterocycles. The Morgan fingerprint density at radius 2 is 1.97 bits per heavy atom. The largest absolute Gasteiger partial charge is 0.393 e. The van der Waals surface area contributed by atoms with Gasteiger partial charge in [-0.3, -0.25) is 9.69 Å². The molecule has 0 bridgehead atoms. The third-order valence-corrected chi connectivity index (χ3v) is 6.97. The van der Waals surface area contributed by atoms with Crippen molar-refractivity contribution in [1.29, 1.82) is 0 Å². The molecule has 2 atom stereocenters. The van der Waals surface area contributed by atoms with Crippen LogP contribution in [0.5, 0.6) is 0 Å². The van der Waals surface area contributed by atoms with Crippen LogP contribution in [-0.2, 0) is 6.54 Å². The Morgan fingerprint density at radius 3 is 2.65 bits per heavy atom. The van der Waals surface area contributed by atoms with Crippen LogP contribution in [0.3, 0.4) is 0 Å². The lowest BCUT2D eigenvalue weighted by molar-refractivity contribution is -0.0697. The van der Waals surface area contributed by atoms with Gasteiger partial charge in [0.15, 0.2) is 0 Å². The molecule has 37 heavy (non-hydrogen) atoms. The lowest BCUT2D eigenvalue weighted by atomic mass is 9.83. The first-order chi connectivity index (χ1) is 17.6. The summed E-state index contributed by atoms with van der Waals surface area (Å²) < 4.78 is 42.6. The average Bonchev–Trinajstić information content (AvgIpc) is 3.27. The van der Waals surface area contributed by atoms with Crippen LogP contribution in [0.4, 0.5) is 18.9 Å². The van der Waals surface area contributed by atoms with E-state index in [1.54, 1.807) is 26.0 Å². The minimum Gasteiger partial charge on any atom is -0.393 e. The molecule has 0 radical (unpaired) electrons. The van der Waals surface area contributed by atoms with Gasteiger partial charge in [0.1, 0.15) is 5.82 Å². The second-order valence-corrected chi connectivity index (χ2v) is 9.81. The fourth-order valence-corrected chi connectivity index (χ4v) is 4.70. The van der Waals surface area contributed by atoms with E-state index in [0.29, 0.717) is 30.0 Å². The number of hydrogen-bond donors (Lipinski definition) is 3. The third-order valence-electron chi connectivity index (χ3n) is 6.97. The first-order valence-corrected chi connectivity index (χ1v) is 12.2. The zero-order chi connectivity index (χ0) is 26.7. The van der Waals surface area contributed by atoms with E-state index < -0.39 is 17.9 Å². The van der Waals surface area contributed by atoms with Crippen molar-refractivity contribution in [1.82, 2.24) is 14.7 Å². The maximum Gasteiger partial charge on any atom is 0.264 e. The Balaban J connectivity index is 1.49. The molecule has 0 aliphatic carbocycles. The number of piperidine rings is 1. The predicted octanol–water partition coefficient (Wildman–Crippen LogP) is 4.47. The SMILES string of the molecule is Cc1nn(-c2ccc(F)cc2)cc1C(=O)Nc1ccc(CN2CCCC(C(C)(O)CO)C2)c(C(F)F)c1. The number of likely N-dealkylation sites (tertiary alicyclic amines) is 1. The van der Waals surface area contributed by atoms with Crippen molar-refractivity contribution in [2.24, 2.45) is 5.92 Å². The Morgan fingerprint density at radius 1 is 1.24 bits per heavy atom. The molecule has 1 fully saturated rings. The van der Waals surface area contributed by atoms with Crippen molar-refractivity contribution >= 4 is 11.6 Å². The average molecular weight is 517 g/mol. The monoisotopic (exact) mass is 516 g/mol. The van der Waals surface area contributed by atoms with Gasteiger partial charge in [0, 0.05) is 36.5 Å².